The molecule has 2 fully saturated rings. The Kier molecular flexibility index (Phi) is 4.00. The molecule has 0 aromatic carbocycles. The van der Waals surface area contributed by atoms with Gasteiger partial charge in [-0.3, -0.25) is 4.90 Å². The molecular formula is C13H17BrFN3O. The zero-order chi connectivity index (χ0) is 13.2. The SMILES string of the molecule is Fc1cc(Br)cnc1NCC1CN2CCCC2CO1. The van der Waals surface area contributed by atoms with Gasteiger partial charge in [-0.1, -0.05) is 0 Å². The number of morpholine rings is 1. The van der Waals surface area contributed by atoms with Crippen molar-refractivity contribution in [3.05, 3.63) is 22.6 Å². The highest BCUT2D eigenvalue weighted by atomic mass is 79.9. The zero-order valence-electron chi connectivity index (χ0n) is 10.6. The van der Waals surface area contributed by atoms with Crippen molar-refractivity contribution in [3.8, 4) is 0 Å². The fourth-order valence-corrected chi connectivity index (χ4v) is 3.07. The van der Waals surface area contributed by atoms with E-state index in [0.717, 1.165) is 19.7 Å². The fraction of sp³-hybridized carbons (Fsp3) is 0.615. The smallest absolute Gasteiger partial charge is 0.166 e. The molecule has 2 saturated heterocycles. The van der Waals surface area contributed by atoms with E-state index < -0.39 is 0 Å². The molecule has 4 nitrogen and oxygen atoms in total. The van der Waals surface area contributed by atoms with Crippen molar-refractivity contribution in [2.75, 3.05) is 31.6 Å². The van der Waals surface area contributed by atoms with Crippen LogP contribution in [0.1, 0.15) is 12.8 Å². The molecule has 0 saturated carbocycles. The molecule has 2 aliphatic heterocycles. The van der Waals surface area contributed by atoms with Gasteiger partial charge in [0.1, 0.15) is 0 Å². The average Bonchev–Trinajstić information content (AvgIpc) is 2.85. The van der Waals surface area contributed by atoms with Crippen LogP contribution in [0.25, 0.3) is 0 Å². The van der Waals surface area contributed by atoms with Crippen LogP contribution in [0, 0.1) is 5.82 Å². The maximum Gasteiger partial charge on any atom is 0.166 e. The zero-order valence-corrected chi connectivity index (χ0v) is 12.2. The molecule has 0 bridgehead atoms. The van der Waals surface area contributed by atoms with Gasteiger partial charge in [0.2, 0.25) is 0 Å². The van der Waals surface area contributed by atoms with Gasteiger partial charge >= 0.3 is 0 Å². The molecule has 3 rings (SSSR count). The van der Waals surface area contributed by atoms with Gasteiger partial charge in [-0.2, -0.15) is 0 Å². The van der Waals surface area contributed by atoms with E-state index in [4.69, 9.17) is 4.74 Å². The third-order valence-electron chi connectivity index (χ3n) is 3.77. The maximum absolute atomic E-state index is 13.6. The van der Waals surface area contributed by atoms with Crippen molar-refractivity contribution in [2.45, 2.75) is 25.0 Å². The predicted molar refractivity (Wildman–Crippen MR) is 74.7 cm³/mol. The third-order valence-corrected chi connectivity index (χ3v) is 4.20. The molecule has 2 aliphatic rings. The number of rotatable bonds is 3. The molecule has 0 radical (unpaired) electrons. The normalized spacial score (nSPS) is 27.3. The van der Waals surface area contributed by atoms with Gasteiger partial charge in [0.15, 0.2) is 11.6 Å². The highest BCUT2D eigenvalue weighted by Gasteiger charge is 2.32. The number of anilines is 1. The van der Waals surface area contributed by atoms with E-state index in [1.807, 2.05) is 0 Å². The first-order chi connectivity index (χ1) is 9.22. The number of nitrogens with zero attached hydrogens (tertiary/aromatic N) is 2. The minimum absolute atomic E-state index is 0.110. The molecule has 1 aromatic heterocycles. The Balaban J connectivity index is 1.54. The van der Waals surface area contributed by atoms with Crippen LogP contribution in [0.4, 0.5) is 10.2 Å². The number of hydrogen-bond donors (Lipinski definition) is 1. The Morgan fingerprint density at radius 1 is 1.58 bits per heavy atom. The molecule has 19 heavy (non-hydrogen) atoms. The number of pyridine rings is 1. The number of fused-ring (bicyclic) bond motifs is 1. The number of ether oxygens (including phenoxy) is 1. The van der Waals surface area contributed by atoms with E-state index >= 15 is 0 Å². The van der Waals surface area contributed by atoms with Crippen LogP contribution >= 0.6 is 15.9 Å². The van der Waals surface area contributed by atoms with E-state index in [1.165, 1.54) is 18.9 Å². The van der Waals surface area contributed by atoms with Gasteiger partial charge < -0.3 is 10.1 Å². The second-order valence-electron chi connectivity index (χ2n) is 5.11. The Morgan fingerprint density at radius 3 is 3.32 bits per heavy atom. The summed E-state index contributed by atoms with van der Waals surface area (Å²) >= 11 is 3.19. The molecule has 104 valence electrons. The highest BCUT2D eigenvalue weighted by molar-refractivity contribution is 9.10. The molecule has 0 aliphatic carbocycles. The van der Waals surface area contributed by atoms with E-state index in [0.29, 0.717) is 17.1 Å². The summed E-state index contributed by atoms with van der Waals surface area (Å²) in [4.78, 5) is 6.50. The number of hydrogen-bond acceptors (Lipinski definition) is 4. The van der Waals surface area contributed by atoms with Gasteiger partial charge in [-0.05, 0) is 41.4 Å². The summed E-state index contributed by atoms with van der Waals surface area (Å²) in [5.74, 6) is -0.0559. The minimum atomic E-state index is -0.343. The van der Waals surface area contributed by atoms with Crippen LogP contribution in [-0.2, 0) is 4.74 Å². The molecular weight excluding hydrogens is 313 g/mol. The number of halogens is 2. The second kappa shape index (κ2) is 5.73. The van der Waals surface area contributed by atoms with Gasteiger partial charge in [0, 0.05) is 29.8 Å². The Morgan fingerprint density at radius 2 is 2.47 bits per heavy atom. The van der Waals surface area contributed by atoms with Crippen LogP contribution in [0.5, 0.6) is 0 Å². The Labute approximate surface area is 120 Å². The quantitative estimate of drug-likeness (QED) is 0.923. The average molecular weight is 330 g/mol. The van der Waals surface area contributed by atoms with Crippen molar-refractivity contribution in [1.29, 1.82) is 0 Å². The summed E-state index contributed by atoms with van der Waals surface area (Å²) in [5.41, 5.74) is 0. The lowest BCUT2D eigenvalue weighted by Gasteiger charge is -2.35. The maximum atomic E-state index is 13.6. The van der Waals surface area contributed by atoms with Crippen molar-refractivity contribution >= 4 is 21.7 Å². The van der Waals surface area contributed by atoms with E-state index in [1.54, 1.807) is 6.20 Å². The van der Waals surface area contributed by atoms with Crippen LogP contribution < -0.4 is 5.32 Å². The Hall–Kier alpha value is -0.720. The van der Waals surface area contributed by atoms with Crippen molar-refractivity contribution < 1.29 is 9.13 Å². The van der Waals surface area contributed by atoms with Gasteiger partial charge in [-0.15, -0.1) is 0 Å². The highest BCUT2D eigenvalue weighted by Crippen LogP contribution is 2.23. The fourth-order valence-electron chi connectivity index (χ4n) is 2.76. The predicted octanol–water partition coefficient (Wildman–Crippen LogP) is 2.26. The molecule has 2 atom stereocenters. The molecule has 0 spiro atoms. The van der Waals surface area contributed by atoms with Crippen molar-refractivity contribution in [1.82, 2.24) is 9.88 Å². The molecule has 0 amide bonds. The van der Waals surface area contributed by atoms with E-state index in [9.17, 15) is 4.39 Å². The first kappa shape index (κ1) is 13.3. The van der Waals surface area contributed by atoms with E-state index in [2.05, 4.69) is 31.1 Å². The van der Waals surface area contributed by atoms with Crippen LogP contribution in [-0.4, -0.2) is 48.3 Å². The van der Waals surface area contributed by atoms with Crippen LogP contribution in [0.2, 0.25) is 0 Å². The summed E-state index contributed by atoms with van der Waals surface area (Å²) < 4.78 is 20.1. The molecule has 2 unspecified atom stereocenters. The lowest BCUT2D eigenvalue weighted by molar-refractivity contribution is -0.0416. The topological polar surface area (TPSA) is 37.4 Å². The monoisotopic (exact) mass is 329 g/mol. The summed E-state index contributed by atoms with van der Waals surface area (Å²) in [6.45, 7) is 3.47. The Bertz CT molecular complexity index is 460. The molecule has 1 N–H and O–H groups in total. The van der Waals surface area contributed by atoms with Gasteiger partial charge in [0.05, 0.1) is 12.7 Å². The first-order valence-electron chi connectivity index (χ1n) is 6.63. The first-order valence-corrected chi connectivity index (χ1v) is 7.42. The third kappa shape index (κ3) is 3.07. The lowest BCUT2D eigenvalue weighted by atomic mass is 10.2. The summed E-state index contributed by atoms with van der Waals surface area (Å²) in [6.07, 6.45) is 4.20. The summed E-state index contributed by atoms with van der Waals surface area (Å²) in [7, 11) is 0. The summed E-state index contributed by atoms with van der Waals surface area (Å²) in [5, 5.41) is 3.03. The summed E-state index contributed by atoms with van der Waals surface area (Å²) in [6, 6.07) is 2.01. The van der Waals surface area contributed by atoms with Crippen LogP contribution in [0.15, 0.2) is 16.7 Å². The van der Waals surface area contributed by atoms with Gasteiger partial charge in [-0.25, -0.2) is 9.37 Å². The minimum Gasteiger partial charge on any atom is -0.373 e. The lowest BCUT2D eigenvalue weighted by Crippen LogP contribution is -2.48. The van der Waals surface area contributed by atoms with Crippen molar-refractivity contribution in [3.63, 3.8) is 0 Å². The molecule has 1 aromatic rings. The number of nitrogens with one attached hydrogen (secondary N) is 1. The molecule has 6 heteroatoms. The van der Waals surface area contributed by atoms with Gasteiger partial charge in [0.25, 0.3) is 0 Å². The van der Waals surface area contributed by atoms with Crippen molar-refractivity contribution in [2.24, 2.45) is 0 Å². The van der Waals surface area contributed by atoms with Crippen LogP contribution in [0.3, 0.4) is 0 Å². The molecule has 3 heterocycles. The largest absolute Gasteiger partial charge is 0.373 e. The second-order valence-corrected chi connectivity index (χ2v) is 6.03. The van der Waals surface area contributed by atoms with E-state index in [-0.39, 0.29) is 17.7 Å². The number of aromatic nitrogens is 1. The standard InChI is InChI=1S/C13H17BrFN3O/c14-9-4-12(15)13(16-5-9)17-6-11-7-18-3-1-2-10(18)8-19-11/h4-5,10-11H,1-3,6-8H2,(H,16,17).